The van der Waals surface area contributed by atoms with Crippen LogP contribution in [-0.2, 0) is 0 Å². The summed E-state index contributed by atoms with van der Waals surface area (Å²) in [6, 6.07) is 5.33. The molecule has 0 aliphatic carbocycles. The van der Waals surface area contributed by atoms with Gasteiger partial charge >= 0.3 is 0 Å². The number of carbonyl (C=O) groups excluding carboxylic acids is 1. The maximum absolute atomic E-state index is 12.4. The summed E-state index contributed by atoms with van der Waals surface area (Å²) in [6.07, 6.45) is 1.60. The molecule has 3 rings (SSSR count). The van der Waals surface area contributed by atoms with E-state index in [-0.39, 0.29) is 11.8 Å². The van der Waals surface area contributed by atoms with Gasteiger partial charge in [0, 0.05) is 11.5 Å². The highest BCUT2D eigenvalue weighted by Gasteiger charge is 2.19. The average Bonchev–Trinajstić information content (AvgIpc) is 3.05. The minimum absolute atomic E-state index is 0.150. The minimum atomic E-state index is -0.195. The fourth-order valence-corrected chi connectivity index (χ4v) is 2.20. The van der Waals surface area contributed by atoms with Gasteiger partial charge in [-0.1, -0.05) is 19.0 Å². The second kappa shape index (κ2) is 5.05. The van der Waals surface area contributed by atoms with Gasteiger partial charge < -0.3 is 14.8 Å². The zero-order chi connectivity index (χ0) is 15.0. The van der Waals surface area contributed by atoms with E-state index in [1.54, 1.807) is 18.5 Å². The van der Waals surface area contributed by atoms with E-state index < -0.39 is 0 Å². The van der Waals surface area contributed by atoms with Crippen LogP contribution in [0.4, 0.5) is 5.69 Å². The lowest BCUT2D eigenvalue weighted by Gasteiger charge is -2.07. The lowest BCUT2D eigenvalue weighted by atomic mass is 10.1. The largest absolute Gasteiger partial charge is 0.359 e. The van der Waals surface area contributed by atoms with Crippen LogP contribution in [0.5, 0.6) is 0 Å². The number of carbonyl (C=O) groups is 1. The Morgan fingerprint density at radius 3 is 2.95 bits per heavy atom. The van der Waals surface area contributed by atoms with Crippen molar-refractivity contribution in [3.8, 4) is 0 Å². The molecule has 0 aliphatic heterocycles. The second-order valence-electron chi connectivity index (χ2n) is 5.25. The summed E-state index contributed by atoms with van der Waals surface area (Å²) in [6.45, 7) is 5.79. The monoisotopic (exact) mass is 284 g/mol. The van der Waals surface area contributed by atoms with Gasteiger partial charge in [-0.05, 0) is 25.1 Å². The third kappa shape index (κ3) is 2.40. The van der Waals surface area contributed by atoms with Crippen LogP contribution in [0.1, 0.15) is 41.6 Å². The number of rotatable bonds is 3. The number of aromatic amines is 1. The number of hydrogen-bond donors (Lipinski definition) is 2. The van der Waals surface area contributed by atoms with Gasteiger partial charge in [0.15, 0.2) is 5.76 Å². The molecular weight excluding hydrogens is 268 g/mol. The van der Waals surface area contributed by atoms with Crippen LogP contribution in [0, 0.1) is 6.92 Å². The van der Waals surface area contributed by atoms with Gasteiger partial charge in [0.05, 0.1) is 17.4 Å². The lowest BCUT2D eigenvalue weighted by Crippen LogP contribution is -2.13. The number of hydrogen-bond acceptors (Lipinski definition) is 4. The predicted molar refractivity (Wildman–Crippen MR) is 79.4 cm³/mol. The molecule has 6 heteroatoms. The van der Waals surface area contributed by atoms with E-state index in [4.69, 9.17) is 4.52 Å². The summed E-state index contributed by atoms with van der Waals surface area (Å²) < 4.78 is 5.27. The molecule has 3 aromatic rings. The Hall–Kier alpha value is -2.63. The number of nitrogens with zero attached hydrogens (tertiary/aromatic N) is 2. The van der Waals surface area contributed by atoms with E-state index in [1.807, 2.05) is 26.8 Å². The maximum Gasteiger partial charge on any atom is 0.255 e. The van der Waals surface area contributed by atoms with E-state index in [0.717, 1.165) is 11.0 Å². The van der Waals surface area contributed by atoms with E-state index >= 15 is 0 Å². The van der Waals surface area contributed by atoms with Gasteiger partial charge in [0.1, 0.15) is 11.4 Å². The first kappa shape index (κ1) is 13.4. The highest BCUT2D eigenvalue weighted by molar-refractivity contribution is 6.06. The van der Waals surface area contributed by atoms with Crippen LogP contribution < -0.4 is 5.32 Å². The first-order valence-corrected chi connectivity index (χ1v) is 6.77. The normalized spacial score (nSPS) is 11.2. The summed E-state index contributed by atoms with van der Waals surface area (Å²) in [5.41, 5.74) is 3.54. The van der Waals surface area contributed by atoms with Gasteiger partial charge in [-0.25, -0.2) is 4.98 Å². The van der Waals surface area contributed by atoms with Crippen LogP contribution in [0.15, 0.2) is 29.0 Å². The number of imidazole rings is 1. The maximum atomic E-state index is 12.4. The quantitative estimate of drug-likeness (QED) is 0.773. The van der Waals surface area contributed by atoms with Gasteiger partial charge in [-0.2, -0.15) is 0 Å². The summed E-state index contributed by atoms with van der Waals surface area (Å²) in [7, 11) is 0. The molecule has 6 nitrogen and oxygen atoms in total. The number of aryl methyl sites for hydroxylation is 1. The highest BCUT2D eigenvalue weighted by atomic mass is 16.5. The van der Waals surface area contributed by atoms with Gasteiger partial charge in [0.2, 0.25) is 0 Å². The molecule has 0 spiro atoms. The van der Waals surface area contributed by atoms with Crippen molar-refractivity contribution in [2.24, 2.45) is 0 Å². The summed E-state index contributed by atoms with van der Waals surface area (Å²) >= 11 is 0. The summed E-state index contributed by atoms with van der Waals surface area (Å²) in [5.74, 6) is 0.639. The fourth-order valence-electron chi connectivity index (χ4n) is 2.20. The van der Waals surface area contributed by atoms with Crippen LogP contribution in [0.3, 0.4) is 0 Å². The molecule has 1 aromatic carbocycles. The Bertz CT molecular complexity index is 801. The number of anilines is 1. The van der Waals surface area contributed by atoms with Crippen molar-refractivity contribution in [1.29, 1.82) is 0 Å². The molecule has 108 valence electrons. The number of amides is 1. The molecule has 0 saturated heterocycles. The zero-order valence-corrected chi connectivity index (χ0v) is 12.1. The molecule has 0 unspecified atom stereocenters. The van der Waals surface area contributed by atoms with Crippen molar-refractivity contribution in [3.05, 3.63) is 41.5 Å². The highest BCUT2D eigenvalue weighted by Crippen LogP contribution is 2.27. The molecule has 0 radical (unpaired) electrons. The van der Waals surface area contributed by atoms with Crippen LogP contribution in [0.25, 0.3) is 11.0 Å². The number of aromatic nitrogens is 3. The summed E-state index contributed by atoms with van der Waals surface area (Å²) in [5, 5.41) is 6.80. The molecule has 2 heterocycles. The second-order valence-corrected chi connectivity index (χ2v) is 5.25. The Labute approximate surface area is 121 Å². The number of nitrogens with one attached hydrogen (secondary N) is 2. The Morgan fingerprint density at radius 1 is 1.38 bits per heavy atom. The van der Waals surface area contributed by atoms with Crippen molar-refractivity contribution in [3.63, 3.8) is 0 Å². The third-order valence-corrected chi connectivity index (χ3v) is 3.33. The van der Waals surface area contributed by atoms with Gasteiger partial charge in [-0.3, -0.25) is 4.79 Å². The van der Waals surface area contributed by atoms with Gasteiger partial charge in [-0.15, -0.1) is 0 Å². The predicted octanol–water partition coefficient (Wildman–Crippen LogP) is 3.24. The average molecular weight is 284 g/mol. The van der Waals surface area contributed by atoms with Crippen molar-refractivity contribution in [2.45, 2.75) is 26.7 Å². The van der Waals surface area contributed by atoms with E-state index in [2.05, 4.69) is 20.4 Å². The van der Waals surface area contributed by atoms with Crippen LogP contribution in [0.2, 0.25) is 0 Å². The summed E-state index contributed by atoms with van der Waals surface area (Å²) in [4.78, 5) is 19.5. The standard InChI is InChI=1S/C15H16N4O2/c1-8(2)14-13(9(3)19-21-14)18-15(20)10-4-5-11-12(6-10)17-7-16-11/h4-8H,1-3H3,(H,16,17)(H,18,20). The smallest absolute Gasteiger partial charge is 0.255 e. The molecule has 2 aromatic heterocycles. The van der Waals surface area contributed by atoms with E-state index in [1.165, 1.54) is 0 Å². The Balaban J connectivity index is 1.91. The minimum Gasteiger partial charge on any atom is -0.359 e. The molecule has 0 aliphatic rings. The lowest BCUT2D eigenvalue weighted by molar-refractivity contribution is 0.102. The molecule has 2 N–H and O–H groups in total. The third-order valence-electron chi connectivity index (χ3n) is 3.33. The number of fused-ring (bicyclic) bond motifs is 1. The van der Waals surface area contributed by atoms with Crippen molar-refractivity contribution >= 4 is 22.6 Å². The van der Waals surface area contributed by atoms with Crippen molar-refractivity contribution in [2.75, 3.05) is 5.32 Å². The number of benzene rings is 1. The first-order valence-electron chi connectivity index (χ1n) is 6.77. The fraction of sp³-hybridized carbons (Fsp3) is 0.267. The molecule has 21 heavy (non-hydrogen) atoms. The first-order chi connectivity index (χ1) is 10.1. The molecule has 0 fully saturated rings. The van der Waals surface area contributed by atoms with E-state index in [0.29, 0.717) is 22.7 Å². The Morgan fingerprint density at radius 2 is 2.19 bits per heavy atom. The number of H-pyrrole nitrogens is 1. The zero-order valence-electron chi connectivity index (χ0n) is 12.1. The van der Waals surface area contributed by atoms with Crippen molar-refractivity contribution < 1.29 is 9.32 Å². The van der Waals surface area contributed by atoms with Crippen molar-refractivity contribution in [1.82, 2.24) is 15.1 Å². The van der Waals surface area contributed by atoms with Crippen LogP contribution in [-0.4, -0.2) is 21.0 Å². The molecular formula is C15H16N4O2. The topological polar surface area (TPSA) is 83.8 Å². The van der Waals surface area contributed by atoms with Crippen LogP contribution >= 0.6 is 0 Å². The Kier molecular flexibility index (Phi) is 3.21. The molecule has 1 amide bonds. The molecule has 0 bridgehead atoms. The SMILES string of the molecule is Cc1noc(C(C)C)c1NC(=O)c1ccc2nc[nH]c2c1. The molecule has 0 saturated carbocycles. The molecule has 0 atom stereocenters. The van der Waals surface area contributed by atoms with Gasteiger partial charge in [0.25, 0.3) is 5.91 Å². The van der Waals surface area contributed by atoms with E-state index in [9.17, 15) is 4.79 Å².